The first-order valence-electron chi connectivity index (χ1n) is 8.19. The number of amides is 1. The monoisotopic (exact) mass is 393 g/mol. The maximum Gasteiger partial charge on any atom is 0.341 e. The number of nitrogens with one attached hydrogen (secondary N) is 1. The van der Waals surface area contributed by atoms with Crippen LogP contribution in [0, 0.1) is 0 Å². The van der Waals surface area contributed by atoms with Gasteiger partial charge in [-0.05, 0) is 48.9 Å². The quantitative estimate of drug-likeness (QED) is 0.599. The van der Waals surface area contributed by atoms with Gasteiger partial charge in [-0.15, -0.1) is 0 Å². The van der Waals surface area contributed by atoms with Crippen molar-refractivity contribution in [2.24, 2.45) is 0 Å². The molecule has 0 aliphatic heterocycles. The van der Waals surface area contributed by atoms with Crippen molar-refractivity contribution in [2.75, 3.05) is 25.6 Å². The van der Waals surface area contributed by atoms with Gasteiger partial charge in [0, 0.05) is 12.1 Å². The highest BCUT2D eigenvalue weighted by molar-refractivity contribution is 6.32. The van der Waals surface area contributed by atoms with E-state index in [2.05, 4.69) is 5.32 Å². The van der Waals surface area contributed by atoms with Crippen LogP contribution >= 0.6 is 11.6 Å². The van der Waals surface area contributed by atoms with Crippen molar-refractivity contribution in [3.63, 3.8) is 0 Å². The van der Waals surface area contributed by atoms with Gasteiger partial charge in [-0.3, -0.25) is 4.79 Å². The molecule has 2 N–H and O–H groups in total. The van der Waals surface area contributed by atoms with Crippen LogP contribution in [0.3, 0.4) is 0 Å². The first-order chi connectivity index (χ1) is 13.0. The van der Waals surface area contributed by atoms with E-state index < -0.39 is 12.6 Å². The molecule has 0 heterocycles. The molecular weight excluding hydrogens is 374 g/mol. The maximum absolute atomic E-state index is 12.0. The van der Waals surface area contributed by atoms with Gasteiger partial charge in [0.25, 0.3) is 0 Å². The number of anilines is 1. The van der Waals surface area contributed by atoms with Gasteiger partial charge in [0.1, 0.15) is 17.2 Å². The van der Waals surface area contributed by atoms with Crippen LogP contribution in [0.5, 0.6) is 17.2 Å². The van der Waals surface area contributed by atoms with Gasteiger partial charge in [0.05, 0.1) is 18.7 Å². The lowest BCUT2D eigenvalue weighted by atomic mass is 10.2. The summed E-state index contributed by atoms with van der Waals surface area (Å²) in [5.74, 6) is 0.425. The third-order valence-electron chi connectivity index (χ3n) is 3.44. The summed E-state index contributed by atoms with van der Waals surface area (Å²) in [4.78, 5) is 22.5. The summed E-state index contributed by atoms with van der Waals surface area (Å²) in [5.41, 5.74) is 0.503. The molecule has 0 aromatic heterocycles. The number of ether oxygens (including phenoxy) is 3. The Morgan fingerprint density at radius 1 is 1.07 bits per heavy atom. The number of methoxy groups -OCH3 is 1. The van der Waals surface area contributed by atoms with Crippen molar-refractivity contribution in [3.8, 4) is 17.2 Å². The zero-order valence-corrected chi connectivity index (χ0v) is 15.5. The lowest BCUT2D eigenvalue weighted by Crippen LogP contribution is -2.13. The van der Waals surface area contributed by atoms with Crippen molar-refractivity contribution in [2.45, 2.75) is 12.8 Å². The van der Waals surface area contributed by atoms with Crippen LogP contribution in [0.1, 0.15) is 12.8 Å². The highest BCUT2D eigenvalue weighted by atomic mass is 35.5. The lowest BCUT2D eigenvalue weighted by molar-refractivity contribution is -0.139. The third kappa shape index (κ3) is 7.07. The molecule has 2 aromatic rings. The van der Waals surface area contributed by atoms with Crippen LogP contribution in [-0.4, -0.2) is 37.3 Å². The Hall–Kier alpha value is -2.93. The van der Waals surface area contributed by atoms with Gasteiger partial charge >= 0.3 is 5.97 Å². The predicted molar refractivity (Wildman–Crippen MR) is 101 cm³/mol. The average Bonchev–Trinajstić information content (AvgIpc) is 2.65. The number of carbonyl (C=O) groups is 2. The minimum absolute atomic E-state index is 0.177. The van der Waals surface area contributed by atoms with Gasteiger partial charge in [-0.25, -0.2) is 4.79 Å². The molecule has 2 rings (SSSR count). The fourth-order valence-electron chi connectivity index (χ4n) is 2.15. The number of carboxylic acid groups (broad SMARTS) is 1. The van der Waals surface area contributed by atoms with Crippen LogP contribution in [0.4, 0.5) is 5.69 Å². The zero-order valence-electron chi connectivity index (χ0n) is 14.7. The predicted octanol–water partition coefficient (Wildman–Crippen LogP) is 3.61. The molecule has 0 radical (unpaired) electrons. The number of hydrogen-bond acceptors (Lipinski definition) is 5. The van der Waals surface area contributed by atoms with E-state index in [1.807, 2.05) is 0 Å². The van der Waals surface area contributed by atoms with Crippen LogP contribution in [0.2, 0.25) is 5.02 Å². The molecule has 144 valence electrons. The molecule has 0 aliphatic carbocycles. The van der Waals surface area contributed by atoms with E-state index in [0.29, 0.717) is 24.5 Å². The second kappa shape index (κ2) is 10.3. The number of hydrogen-bond donors (Lipinski definition) is 2. The van der Waals surface area contributed by atoms with E-state index in [1.165, 1.54) is 12.1 Å². The summed E-state index contributed by atoms with van der Waals surface area (Å²) in [6.07, 6.45) is 0.830. The highest BCUT2D eigenvalue weighted by Gasteiger charge is 2.08. The van der Waals surface area contributed by atoms with E-state index in [0.717, 1.165) is 5.75 Å². The van der Waals surface area contributed by atoms with Crippen molar-refractivity contribution in [1.29, 1.82) is 0 Å². The van der Waals surface area contributed by atoms with E-state index in [1.54, 1.807) is 37.4 Å². The van der Waals surface area contributed by atoms with Crippen LogP contribution in [0.25, 0.3) is 0 Å². The number of benzene rings is 2. The Kier molecular flexibility index (Phi) is 7.76. The lowest BCUT2D eigenvalue weighted by Gasteiger charge is -2.10. The molecular formula is C19H20ClNO6. The summed E-state index contributed by atoms with van der Waals surface area (Å²) in [6.45, 7) is -0.0813. The normalized spacial score (nSPS) is 10.1. The molecule has 27 heavy (non-hydrogen) atoms. The van der Waals surface area contributed by atoms with Crippen molar-refractivity contribution >= 4 is 29.2 Å². The molecule has 7 nitrogen and oxygen atoms in total. The molecule has 1 amide bonds. The molecule has 0 bridgehead atoms. The smallest absolute Gasteiger partial charge is 0.341 e. The average molecular weight is 394 g/mol. The summed E-state index contributed by atoms with van der Waals surface area (Å²) < 4.78 is 15.7. The third-order valence-corrected chi connectivity index (χ3v) is 3.74. The maximum atomic E-state index is 12.0. The molecule has 2 aromatic carbocycles. The van der Waals surface area contributed by atoms with Crippen molar-refractivity contribution in [3.05, 3.63) is 47.5 Å². The summed E-state index contributed by atoms with van der Waals surface area (Å²) >= 11 is 6.01. The molecule has 0 unspecified atom stereocenters. The van der Waals surface area contributed by atoms with E-state index >= 15 is 0 Å². The first-order valence-corrected chi connectivity index (χ1v) is 8.56. The first kappa shape index (κ1) is 20.4. The second-order valence-electron chi connectivity index (χ2n) is 5.50. The van der Waals surface area contributed by atoms with E-state index in [9.17, 15) is 9.59 Å². The summed E-state index contributed by atoms with van der Waals surface area (Å²) in [5, 5.41) is 11.5. The Labute approximate surface area is 161 Å². The Bertz CT molecular complexity index is 778. The number of rotatable bonds is 10. The molecule has 0 fully saturated rings. The fourth-order valence-corrected chi connectivity index (χ4v) is 2.39. The fraction of sp³-hybridized carbons (Fsp3) is 0.263. The summed E-state index contributed by atoms with van der Waals surface area (Å²) in [7, 11) is 1.60. The van der Waals surface area contributed by atoms with Crippen LogP contribution in [0.15, 0.2) is 42.5 Å². The van der Waals surface area contributed by atoms with Gasteiger partial charge < -0.3 is 24.6 Å². The minimum Gasteiger partial charge on any atom is -0.497 e. The largest absolute Gasteiger partial charge is 0.497 e. The number of carbonyl (C=O) groups excluding carboxylic acids is 1. The van der Waals surface area contributed by atoms with Crippen LogP contribution < -0.4 is 19.5 Å². The highest BCUT2D eigenvalue weighted by Crippen LogP contribution is 2.27. The molecule has 8 heteroatoms. The summed E-state index contributed by atoms with van der Waals surface area (Å²) in [6, 6.07) is 11.8. The van der Waals surface area contributed by atoms with Gasteiger partial charge in [-0.1, -0.05) is 11.6 Å². The Balaban J connectivity index is 1.73. The zero-order chi connectivity index (χ0) is 19.6. The molecule has 0 atom stereocenters. The minimum atomic E-state index is -1.10. The van der Waals surface area contributed by atoms with E-state index in [-0.39, 0.29) is 23.1 Å². The van der Waals surface area contributed by atoms with Crippen molar-refractivity contribution in [1.82, 2.24) is 0 Å². The SMILES string of the molecule is COc1ccc(OCCCC(=O)Nc2ccc(OCC(=O)O)c(Cl)c2)cc1. The Morgan fingerprint density at radius 2 is 1.78 bits per heavy atom. The van der Waals surface area contributed by atoms with Crippen LogP contribution in [-0.2, 0) is 9.59 Å². The van der Waals surface area contributed by atoms with Gasteiger partial charge in [-0.2, -0.15) is 0 Å². The Morgan fingerprint density at radius 3 is 2.41 bits per heavy atom. The molecule has 0 saturated carbocycles. The number of carboxylic acids is 1. The molecule has 0 spiro atoms. The molecule has 0 aliphatic rings. The standard InChI is InChI=1S/C19H20ClNO6/c1-25-14-5-7-15(8-6-14)26-10-2-3-18(22)21-13-4-9-17(16(20)11-13)27-12-19(23)24/h4-9,11H,2-3,10,12H2,1H3,(H,21,22)(H,23,24). The van der Waals surface area contributed by atoms with E-state index in [4.69, 9.17) is 30.9 Å². The second-order valence-corrected chi connectivity index (χ2v) is 5.91. The molecule has 0 saturated heterocycles. The van der Waals surface area contributed by atoms with Gasteiger partial charge in [0.15, 0.2) is 6.61 Å². The van der Waals surface area contributed by atoms with Gasteiger partial charge in [0.2, 0.25) is 5.91 Å². The topological polar surface area (TPSA) is 94.1 Å². The number of aliphatic carboxylic acids is 1. The number of halogens is 1. The van der Waals surface area contributed by atoms with Crippen molar-refractivity contribution < 1.29 is 28.9 Å².